The number of rotatable bonds is 11. The summed E-state index contributed by atoms with van der Waals surface area (Å²) < 4.78 is 43.6. The van der Waals surface area contributed by atoms with Crippen LogP contribution in [0.1, 0.15) is 50.4 Å². The van der Waals surface area contributed by atoms with Gasteiger partial charge in [-0.15, -0.1) is 0 Å². The van der Waals surface area contributed by atoms with Crippen LogP contribution in [0.25, 0.3) is 0 Å². The Hall–Kier alpha value is -3.35. The van der Waals surface area contributed by atoms with Crippen molar-refractivity contribution in [2.24, 2.45) is 5.92 Å². The molecule has 3 rings (SSSR count). The van der Waals surface area contributed by atoms with Gasteiger partial charge < -0.3 is 24.4 Å². The minimum atomic E-state index is -4.03. The van der Waals surface area contributed by atoms with Gasteiger partial charge in [0.25, 0.3) is 5.91 Å². The SMILES string of the molecule is COC(=O)[C@H](CNC(=O)c1ccc(OCCC2CCN(C(=O)OC(C)(C)C)CC2)c(Cl)c1)NS(=O)(=O)c1ccccc1. The Labute approximate surface area is 251 Å². The van der Waals surface area contributed by atoms with Crippen LogP contribution in [0.5, 0.6) is 5.75 Å². The van der Waals surface area contributed by atoms with Gasteiger partial charge in [0.2, 0.25) is 10.0 Å². The third-order valence-corrected chi connectivity index (χ3v) is 8.33. The number of hydrogen-bond acceptors (Lipinski definition) is 8. The lowest BCUT2D eigenvalue weighted by Gasteiger charge is -2.33. The third-order valence-electron chi connectivity index (χ3n) is 6.55. The van der Waals surface area contributed by atoms with E-state index in [0.29, 0.717) is 31.4 Å². The second kappa shape index (κ2) is 14.7. The van der Waals surface area contributed by atoms with E-state index in [1.807, 2.05) is 20.8 Å². The molecule has 2 amide bonds. The highest BCUT2D eigenvalue weighted by atomic mass is 35.5. The predicted molar refractivity (Wildman–Crippen MR) is 157 cm³/mol. The molecule has 13 heteroatoms. The first-order valence-corrected chi connectivity index (χ1v) is 15.5. The molecular weight excluding hydrogens is 586 g/mol. The van der Waals surface area contributed by atoms with Crippen LogP contribution in [-0.4, -0.2) is 76.3 Å². The second-order valence-electron chi connectivity index (χ2n) is 10.9. The zero-order valence-corrected chi connectivity index (χ0v) is 25.8. The Morgan fingerprint density at radius 2 is 1.74 bits per heavy atom. The largest absolute Gasteiger partial charge is 0.492 e. The van der Waals surface area contributed by atoms with E-state index in [-0.39, 0.29) is 28.1 Å². The van der Waals surface area contributed by atoms with Crippen molar-refractivity contribution in [3.63, 3.8) is 0 Å². The van der Waals surface area contributed by atoms with Crippen molar-refractivity contribution >= 4 is 39.6 Å². The molecule has 2 aromatic rings. The first-order chi connectivity index (χ1) is 19.8. The quantitative estimate of drug-likeness (QED) is 0.358. The van der Waals surface area contributed by atoms with E-state index in [9.17, 15) is 22.8 Å². The van der Waals surface area contributed by atoms with Gasteiger partial charge in [0.15, 0.2) is 0 Å². The molecule has 1 atom stereocenters. The molecule has 2 N–H and O–H groups in total. The number of halogens is 1. The van der Waals surface area contributed by atoms with Crippen molar-refractivity contribution in [2.75, 3.05) is 33.4 Å². The van der Waals surface area contributed by atoms with Gasteiger partial charge in [-0.25, -0.2) is 13.2 Å². The molecular formula is C29H38ClN3O8S. The summed E-state index contributed by atoms with van der Waals surface area (Å²) in [6.07, 6.45) is 2.20. The van der Waals surface area contributed by atoms with Crippen molar-refractivity contribution < 1.29 is 37.0 Å². The molecule has 0 saturated carbocycles. The lowest BCUT2D eigenvalue weighted by Crippen LogP contribution is -2.48. The van der Waals surface area contributed by atoms with Crippen LogP contribution in [0.2, 0.25) is 5.02 Å². The molecule has 1 aliphatic heterocycles. The highest BCUT2D eigenvalue weighted by Crippen LogP contribution is 2.27. The van der Waals surface area contributed by atoms with Crippen LogP contribution < -0.4 is 14.8 Å². The molecule has 2 aromatic carbocycles. The normalized spacial score (nSPS) is 15.0. The number of benzene rings is 2. The molecule has 0 aromatic heterocycles. The number of nitrogens with zero attached hydrogens (tertiary/aromatic N) is 1. The van der Waals surface area contributed by atoms with E-state index in [1.54, 1.807) is 29.2 Å². The van der Waals surface area contributed by atoms with E-state index in [4.69, 9.17) is 25.8 Å². The van der Waals surface area contributed by atoms with Gasteiger partial charge in [0.05, 0.1) is 23.6 Å². The summed E-state index contributed by atoms with van der Waals surface area (Å²) in [6.45, 7) is 6.88. The molecule has 11 nitrogen and oxygen atoms in total. The van der Waals surface area contributed by atoms with E-state index >= 15 is 0 Å². The number of likely N-dealkylation sites (tertiary alicyclic amines) is 1. The van der Waals surface area contributed by atoms with Crippen LogP contribution in [0.3, 0.4) is 0 Å². The molecule has 1 heterocycles. The Morgan fingerprint density at radius 1 is 1.07 bits per heavy atom. The van der Waals surface area contributed by atoms with Crippen molar-refractivity contribution in [2.45, 2.75) is 56.6 Å². The number of carbonyl (C=O) groups is 3. The number of piperidine rings is 1. The summed E-state index contributed by atoms with van der Waals surface area (Å²) in [5.41, 5.74) is -0.317. The van der Waals surface area contributed by atoms with Gasteiger partial charge in [0, 0.05) is 25.2 Å². The fourth-order valence-electron chi connectivity index (χ4n) is 4.29. The van der Waals surface area contributed by atoms with Crippen LogP contribution in [0.15, 0.2) is 53.4 Å². The Balaban J connectivity index is 1.48. The van der Waals surface area contributed by atoms with Crippen LogP contribution >= 0.6 is 11.6 Å². The minimum Gasteiger partial charge on any atom is -0.492 e. The zero-order chi connectivity index (χ0) is 30.9. The standard InChI is InChI=1S/C29H38ClN3O8S/c1-29(2,3)41-28(36)33-15-12-20(13-16-33)14-17-40-25-11-10-21(18-23(25)30)26(34)31-19-24(27(35)39-4)32-42(37,38)22-8-6-5-7-9-22/h5-11,18,20,24,32H,12-17,19H2,1-4H3,(H,31,34)/t24-/m0/s1. The first kappa shape index (κ1) is 33.2. The van der Waals surface area contributed by atoms with Gasteiger partial charge in [-0.05, 0) is 76.3 Å². The number of esters is 1. The summed E-state index contributed by atoms with van der Waals surface area (Å²) in [7, 11) is -2.91. The van der Waals surface area contributed by atoms with Gasteiger partial charge >= 0.3 is 12.1 Å². The molecule has 42 heavy (non-hydrogen) atoms. The van der Waals surface area contributed by atoms with E-state index in [1.165, 1.54) is 24.3 Å². The maximum Gasteiger partial charge on any atom is 0.410 e. The van der Waals surface area contributed by atoms with Crippen LogP contribution in [0, 0.1) is 5.92 Å². The zero-order valence-electron chi connectivity index (χ0n) is 24.2. The van der Waals surface area contributed by atoms with Gasteiger partial charge in [-0.2, -0.15) is 4.72 Å². The summed E-state index contributed by atoms with van der Waals surface area (Å²) in [5, 5.41) is 2.77. The fraction of sp³-hybridized carbons (Fsp3) is 0.483. The smallest absolute Gasteiger partial charge is 0.410 e. The van der Waals surface area contributed by atoms with E-state index in [2.05, 4.69) is 10.0 Å². The highest BCUT2D eigenvalue weighted by Gasteiger charge is 2.28. The predicted octanol–water partition coefficient (Wildman–Crippen LogP) is 4.01. The van der Waals surface area contributed by atoms with Crippen molar-refractivity contribution in [1.29, 1.82) is 0 Å². The highest BCUT2D eigenvalue weighted by molar-refractivity contribution is 7.89. The maximum atomic E-state index is 12.8. The van der Waals surface area contributed by atoms with Crippen molar-refractivity contribution in [3.05, 3.63) is 59.1 Å². The molecule has 0 radical (unpaired) electrons. The summed E-state index contributed by atoms with van der Waals surface area (Å²) in [5.74, 6) is -0.600. The summed E-state index contributed by atoms with van der Waals surface area (Å²) in [4.78, 5) is 38.9. The van der Waals surface area contributed by atoms with Crippen molar-refractivity contribution in [3.8, 4) is 5.75 Å². The average molecular weight is 624 g/mol. The second-order valence-corrected chi connectivity index (χ2v) is 13.0. The minimum absolute atomic E-state index is 0.0288. The van der Waals surface area contributed by atoms with Crippen LogP contribution in [-0.2, 0) is 24.3 Å². The number of methoxy groups -OCH3 is 1. The lowest BCUT2D eigenvalue weighted by atomic mass is 9.94. The third kappa shape index (κ3) is 9.88. The number of carbonyl (C=O) groups excluding carboxylic acids is 3. The number of sulfonamides is 1. The maximum absolute atomic E-state index is 12.8. The Morgan fingerprint density at radius 3 is 2.33 bits per heavy atom. The molecule has 230 valence electrons. The molecule has 1 saturated heterocycles. The lowest BCUT2D eigenvalue weighted by molar-refractivity contribution is -0.142. The summed E-state index contributed by atoms with van der Waals surface area (Å²) in [6, 6.07) is 10.7. The summed E-state index contributed by atoms with van der Waals surface area (Å²) >= 11 is 6.36. The topological polar surface area (TPSA) is 140 Å². The fourth-order valence-corrected chi connectivity index (χ4v) is 5.73. The first-order valence-electron chi connectivity index (χ1n) is 13.6. The molecule has 1 aliphatic rings. The van der Waals surface area contributed by atoms with E-state index < -0.39 is 33.5 Å². The molecule has 0 spiro atoms. The molecule has 0 aliphatic carbocycles. The van der Waals surface area contributed by atoms with E-state index in [0.717, 1.165) is 26.4 Å². The number of nitrogens with one attached hydrogen (secondary N) is 2. The monoisotopic (exact) mass is 623 g/mol. The van der Waals surface area contributed by atoms with Crippen LogP contribution in [0.4, 0.5) is 4.79 Å². The Kier molecular flexibility index (Phi) is 11.6. The molecule has 0 bridgehead atoms. The molecule has 0 unspecified atom stereocenters. The van der Waals surface area contributed by atoms with Gasteiger partial charge in [0.1, 0.15) is 17.4 Å². The number of amides is 2. The van der Waals surface area contributed by atoms with Gasteiger partial charge in [-0.1, -0.05) is 29.8 Å². The average Bonchev–Trinajstić information content (AvgIpc) is 2.95. The Bertz CT molecular complexity index is 1340. The molecule has 1 fully saturated rings. The van der Waals surface area contributed by atoms with Crippen molar-refractivity contribution in [1.82, 2.24) is 14.9 Å². The number of ether oxygens (including phenoxy) is 3. The van der Waals surface area contributed by atoms with Gasteiger partial charge in [-0.3, -0.25) is 9.59 Å². The number of hydrogen-bond donors (Lipinski definition) is 2.